The van der Waals surface area contributed by atoms with E-state index < -0.39 is 0 Å². The Kier molecular flexibility index (Phi) is 3.09. The Morgan fingerprint density at radius 1 is 1.10 bits per heavy atom. The van der Waals surface area contributed by atoms with Gasteiger partial charge in [-0.3, -0.25) is 4.98 Å². The van der Waals surface area contributed by atoms with Gasteiger partial charge in [-0.25, -0.2) is 0 Å². The van der Waals surface area contributed by atoms with Crippen LogP contribution in [-0.2, 0) is 18.4 Å². The van der Waals surface area contributed by atoms with Gasteiger partial charge in [0.05, 0.1) is 5.52 Å². The third kappa shape index (κ3) is 2.12. The Morgan fingerprint density at radius 2 is 1.80 bits per heavy atom. The quantitative estimate of drug-likeness (QED) is 0.851. The lowest BCUT2D eigenvalue weighted by Gasteiger charge is -2.29. The van der Waals surface area contributed by atoms with E-state index in [1.54, 1.807) is 0 Å². The number of aryl methyl sites for hydroxylation is 3. The van der Waals surface area contributed by atoms with Crippen LogP contribution in [0.4, 0.5) is 0 Å². The molecule has 20 heavy (non-hydrogen) atoms. The topological polar surface area (TPSA) is 38.9 Å². The number of nitrogens with two attached hydrogens (primary N) is 1. The van der Waals surface area contributed by atoms with Gasteiger partial charge in [0.2, 0.25) is 0 Å². The molecule has 0 saturated carbocycles. The number of fused-ring (bicyclic) bond motifs is 2. The molecule has 1 aromatic heterocycles. The summed E-state index contributed by atoms with van der Waals surface area (Å²) in [6, 6.07) is 4.45. The number of pyridine rings is 1. The van der Waals surface area contributed by atoms with E-state index in [1.807, 2.05) is 0 Å². The Labute approximate surface area is 121 Å². The van der Waals surface area contributed by atoms with E-state index in [1.165, 1.54) is 46.2 Å². The fourth-order valence-electron chi connectivity index (χ4n) is 3.65. The molecule has 2 nitrogen and oxygen atoms in total. The minimum atomic E-state index is -0.317. The molecule has 1 aliphatic rings. The van der Waals surface area contributed by atoms with Crippen molar-refractivity contribution in [1.29, 1.82) is 0 Å². The minimum absolute atomic E-state index is 0.317. The Hall–Kier alpha value is -1.41. The lowest BCUT2D eigenvalue weighted by molar-refractivity contribution is 0.541. The molecule has 0 amide bonds. The van der Waals surface area contributed by atoms with Crippen molar-refractivity contribution in [3.8, 4) is 0 Å². The summed E-state index contributed by atoms with van der Waals surface area (Å²) in [7, 11) is 0. The standard InChI is InChI=1S/C18H24N2/c1-11-9-12(2)16-15(10-11)20-14-8-6-5-7-13(14)17(16)18(3,4)19/h9-10H,5-8,19H2,1-4H3. The molecule has 1 aliphatic carbocycles. The van der Waals surface area contributed by atoms with Crippen LogP contribution in [0.3, 0.4) is 0 Å². The van der Waals surface area contributed by atoms with Crippen molar-refractivity contribution in [2.75, 3.05) is 0 Å². The van der Waals surface area contributed by atoms with Crippen LogP contribution in [0.5, 0.6) is 0 Å². The first kappa shape index (κ1) is 13.6. The molecule has 2 aromatic rings. The van der Waals surface area contributed by atoms with Gasteiger partial charge in [-0.2, -0.15) is 0 Å². The van der Waals surface area contributed by atoms with Gasteiger partial charge in [-0.1, -0.05) is 6.07 Å². The zero-order valence-corrected chi connectivity index (χ0v) is 13.0. The minimum Gasteiger partial charge on any atom is -0.322 e. The molecule has 0 bridgehead atoms. The van der Waals surface area contributed by atoms with Gasteiger partial charge in [0.15, 0.2) is 0 Å². The van der Waals surface area contributed by atoms with Crippen LogP contribution in [0.2, 0.25) is 0 Å². The molecule has 2 heteroatoms. The second kappa shape index (κ2) is 4.56. The van der Waals surface area contributed by atoms with Crippen LogP contribution in [0.25, 0.3) is 10.9 Å². The zero-order chi connectivity index (χ0) is 14.5. The SMILES string of the molecule is Cc1cc(C)c2c(C(C)(C)N)c3c(nc2c1)CCCC3. The van der Waals surface area contributed by atoms with E-state index in [2.05, 4.69) is 39.8 Å². The number of hydrogen-bond acceptors (Lipinski definition) is 2. The van der Waals surface area contributed by atoms with E-state index in [9.17, 15) is 0 Å². The van der Waals surface area contributed by atoms with Crippen molar-refractivity contribution in [3.63, 3.8) is 0 Å². The number of nitrogens with zero attached hydrogens (tertiary/aromatic N) is 1. The fraction of sp³-hybridized carbons (Fsp3) is 0.500. The van der Waals surface area contributed by atoms with E-state index in [4.69, 9.17) is 10.7 Å². The summed E-state index contributed by atoms with van der Waals surface area (Å²) in [5.74, 6) is 0. The molecular formula is C18H24N2. The highest BCUT2D eigenvalue weighted by Crippen LogP contribution is 2.36. The van der Waals surface area contributed by atoms with Crippen molar-refractivity contribution in [1.82, 2.24) is 4.98 Å². The summed E-state index contributed by atoms with van der Waals surface area (Å²) >= 11 is 0. The van der Waals surface area contributed by atoms with Gasteiger partial charge in [0.1, 0.15) is 0 Å². The van der Waals surface area contributed by atoms with Gasteiger partial charge in [0.25, 0.3) is 0 Å². The smallest absolute Gasteiger partial charge is 0.0714 e. The maximum Gasteiger partial charge on any atom is 0.0714 e. The molecule has 0 saturated heterocycles. The fourth-order valence-corrected chi connectivity index (χ4v) is 3.65. The molecule has 106 valence electrons. The highest BCUT2D eigenvalue weighted by molar-refractivity contribution is 5.88. The molecule has 0 fully saturated rings. The summed E-state index contributed by atoms with van der Waals surface area (Å²) < 4.78 is 0. The van der Waals surface area contributed by atoms with Gasteiger partial charge in [-0.15, -0.1) is 0 Å². The van der Waals surface area contributed by atoms with Crippen molar-refractivity contribution in [3.05, 3.63) is 40.1 Å². The van der Waals surface area contributed by atoms with Crippen molar-refractivity contribution < 1.29 is 0 Å². The van der Waals surface area contributed by atoms with Crippen LogP contribution in [0.1, 0.15) is 54.6 Å². The third-order valence-electron chi connectivity index (χ3n) is 4.35. The van der Waals surface area contributed by atoms with Crippen LogP contribution in [0, 0.1) is 13.8 Å². The first-order valence-electron chi connectivity index (χ1n) is 7.60. The van der Waals surface area contributed by atoms with Gasteiger partial charge in [0, 0.05) is 16.6 Å². The van der Waals surface area contributed by atoms with Crippen molar-refractivity contribution >= 4 is 10.9 Å². The highest BCUT2D eigenvalue weighted by atomic mass is 14.8. The third-order valence-corrected chi connectivity index (χ3v) is 4.35. The summed E-state index contributed by atoms with van der Waals surface area (Å²) in [5.41, 5.74) is 13.9. The molecule has 0 spiro atoms. The molecule has 0 aliphatic heterocycles. The predicted octanol–water partition coefficient (Wildman–Crippen LogP) is 3.92. The molecule has 1 heterocycles. The average molecular weight is 268 g/mol. The van der Waals surface area contributed by atoms with Gasteiger partial charge >= 0.3 is 0 Å². The maximum atomic E-state index is 6.53. The second-order valence-corrected chi connectivity index (χ2v) is 6.82. The van der Waals surface area contributed by atoms with E-state index in [-0.39, 0.29) is 5.54 Å². The van der Waals surface area contributed by atoms with E-state index in [0.717, 1.165) is 18.4 Å². The number of aromatic nitrogens is 1. The van der Waals surface area contributed by atoms with E-state index in [0.29, 0.717) is 0 Å². The summed E-state index contributed by atoms with van der Waals surface area (Å²) in [5, 5.41) is 1.28. The van der Waals surface area contributed by atoms with Crippen molar-refractivity contribution in [2.24, 2.45) is 5.73 Å². The molecule has 3 rings (SSSR count). The first-order valence-corrected chi connectivity index (χ1v) is 7.60. The summed E-state index contributed by atoms with van der Waals surface area (Å²) in [6.07, 6.45) is 4.73. The average Bonchev–Trinajstić information content (AvgIpc) is 2.34. The molecule has 0 radical (unpaired) electrons. The zero-order valence-electron chi connectivity index (χ0n) is 13.0. The largest absolute Gasteiger partial charge is 0.322 e. The lowest BCUT2D eigenvalue weighted by atomic mass is 9.81. The predicted molar refractivity (Wildman–Crippen MR) is 85.1 cm³/mol. The normalized spacial score (nSPS) is 15.4. The van der Waals surface area contributed by atoms with Gasteiger partial charge < -0.3 is 5.73 Å². The molecule has 2 N–H and O–H groups in total. The Morgan fingerprint density at radius 3 is 2.50 bits per heavy atom. The molecule has 0 unspecified atom stereocenters. The summed E-state index contributed by atoms with van der Waals surface area (Å²) in [4.78, 5) is 4.96. The summed E-state index contributed by atoms with van der Waals surface area (Å²) in [6.45, 7) is 8.56. The highest BCUT2D eigenvalue weighted by Gasteiger charge is 2.27. The van der Waals surface area contributed by atoms with Crippen LogP contribution >= 0.6 is 0 Å². The van der Waals surface area contributed by atoms with Crippen LogP contribution < -0.4 is 5.73 Å². The first-order chi connectivity index (χ1) is 9.38. The molecule has 1 aromatic carbocycles. The number of hydrogen-bond donors (Lipinski definition) is 1. The van der Waals surface area contributed by atoms with Crippen LogP contribution in [0.15, 0.2) is 12.1 Å². The Bertz CT molecular complexity index is 678. The van der Waals surface area contributed by atoms with Crippen LogP contribution in [-0.4, -0.2) is 4.98 Å². The molecule has 0 atom stereocenters. The number of rotatable bonds is 1. The Balaban J connectivity index is 2.46. The molecular weight excluding hydrogens is 244 g/mol. The monoisotopic (exact) mass is 268 g/mol. The van der Waals surface area contributed by atoms with Gasteiger partial charge in [-0.05, 0) is 81.7 Å². The lowest BCUT2D eigenvalue weighted by Crippen LogP contribution is -2.32. The van der Waals surface area contributed by atoms with Crippen molar-refractivity contribution in [2.45, 2.75) is 58.9 Å². The maximum absolute atomic E-state index is 6.53. The second-order valence-electron chi connectivity index (χ2n) is 6.82. The van der Waals surface area contributed by atoms with E-state index >= 15 is 0 Å². The number of benzene rings is 1.